The Morgan fingerprint density at radius 1 is 1.21 bits per heavy atom. The van der Waals surface area contributed by atoms with Crippen molar-refractivity contribution in [3.8, 4) is 11.5 Å². The van der Waals surface area contributed by atoms with Crippen molar-refractivity contribution in [2.24, 2.45) is 0 Å². The quantitative estimate of drug-likeness (QED) is 0.763. The van der Waals surface area contributed by atoms with Crippen LogP contribution in [0.2, 0.25) is 0 Å². The number of hydrogen-bond acceptors (Lipinski definition) is 5. The number of hydrogen-bond donors (Lipinski definition) is 1. The van der Waals surface area contributed by atoms with E-state index in [1.165, 1.54) is 11.3 Å². The topological polar surface area (TPSA) is 60.5 Å². The number of carbonyl (C=O) groups excluding carboxylic acids is 1. The molecule has 5 nitrogen and oxygen atoms in total. The van der Waals surface area contributed by atoms with Crippen molar-refractivity contribution in [1.82, 2.24) is 4.98 Å². The van der Waals surface area contributed by atoms with Gasteiger partial charge in [0.15, 0.2) is 11.7 Å². The van der Waals surface area contributed by atoms with Crippen LogP contribution >= 0.6 is 11.3 Å². The number of carbonyl (C=O) groups is 1. The second-order valence-corrected chi connectivity index (χ2v) is 6.52. The van der Waals surface area contributed by atoms with Crippen molar-refractivity contribution in [3.63, 3.8) is 0 Å². The van der Waals surface area contributed by atoms with E-state index in [2.05, 4.69) is 16.4 Å². The van der Waals surface area contributed by atoms with Crippen LogP contribution in [0.5, 0.6) is 11.5 Å². The summed E-state index contributed by atoms with van der Waals surface area (Å²) in [7, 11) is 1.60. The zero-order valence-corrected chi connectivity index (χ0v) is 14.6. The van der Waals surface area contributed by atoms with Gasteiger partial charge in [0.05, 0.1) is 11.8 Å². The standard InChI is InChI=1S/C18H18N2O3S/c1-11-7-12(2)9-13(8-11)23-10-16(21)19-18-20-17-14(22-3)5-4-6-15(17)24-18/h4-9H,10H2,1-3H3,(H,19,20,21). The molecule has 0 fully saturated rings. The van der Waals surface area contributed by atoms with Crippen LogP contribution in [0.1, 0.15) is 11.1 Å². The molecule has 124 valence electrons. The molecule has 0 spiro atoms. The lowest BCUT2D eigenvalue weighted by Crippen LogP contribution is -2.20. The molecule has 0 bridgehead atoms. The average Bonchev–Trinajstić information content (AvgIpc) is 2.94. The lowest BCUT2D eigenvalue weighted by molar-refractivity contribution is -0.118. The maximum Gasteiger partial charge on any atom is 0.264 e. The first kappa shape index (κ1) is 16.3. The molecule has 0 unspecified atom stereocenters. The summed E-state index contributed by atoms with van der Waals surface area (Å²) < 4.78 is 11.8. The zero-order valence-electron chi connectivity index (χ0n) is 13.8. The van der Waals surface area contributed by atoms with E-state index in [0.717, 1.165) is 21.3 Å². The Kier molecular flexibility index (Phi) is 4.66. The number of ether oxygens (including phenoxy) is 2. The normalized spacial score (nSPS) is 10.6. The fraction of sp³-hybridized carbons (Fsp3) is 0.222. The summed E-state index contributed by atoms with van der Waals surface area (Å²) in [6, 6.07) is 11.6. The average molecular weight is 342 g/mol. The number of aryl methyl sites for hydroxylation is 2. The van der Waals surface area contributed by atoms with Gasteiger partial charge in [-0.15, -0.1) is 0 Å². The summed E-state index contributed by atoms with van der Waals surface area (Å²) in [5.74, 6) is 1.14. The molecule has 1 aromatic heterocycles. The molecule has 1 heterocycles. The number of amides is 1. The number of anilines is 1. The monoisotopic (exact) mass is 342 g/mol. The second kappa shape index (κ2) is 6.88. The third-order valence-electron chi connectivity index (χ3n) is 3.41. The molecule has 0 aliphatic carbocycles. The predicted molar refractivity (Wildman–Crippen MR) is 96.2 cm³/mol. The smallest absolute Gasteiger partial charge is 0.264 e. The molecule has 2 aromatic carbocycles. The van der Waals surface area contributed by atoms with Crippen LogP contribution in [0.25, 0.3) is 10.2 Å². The molecule has 3 rings (SSSR count). The SMILES string of the molecule is COc1cccc2sc(NC(=O)COc3cc(C)cc(C)c3)nc12. The molecule has 1 N–H and O–H groups in total. The van der Waals surface area contributed by atoms with Gasteiger partial charge in [-0.2, -0.15) is 0 Å². The third-order valence-corrected chi connectivity index (χ3v) is 4.35. The van der Waals surface area contributed by atoms with Crippen molar-refractivity contribution in [2.75, 3.05) is 19.0 Å². The van der Waals surface area contributed by atoms with Gasteiger partial charge in [-0.05, 0) is 49.2 Å². The van der Waals surface area contributed by atoms with E-state index in [0.29, 0.717) is 16.6 Å². The number of thiazole rings is 1. The van der Waals surface area contributed by atoms with E-state index in [9.17, 15) is 4.79 Å². The molecular weight excluding hydrogens is 324 g/mol. The van der Waals surface area contributed by atoms with Crippen LogP contribution in [-0.2, 0) is 4.79 Å². The van der Waals surface area contributed by atoms with Crippen molar-refractivity contribution in [3.05, 3.63) is 47.5 Å². The van der Waals surface area contributed by atoms with Gasteiger partial charge in [-0.1, -0.05) is 23.5 Å². The molecule has 0 aliphatic heterocycles. The molecule has 0 atom stereocenters. The van der Waals surface area contributed by atoms with Crippen LogP contribution in [0.15, 0.2) is 36.4 Å². The van der Waals surface area contributed by atoms with Gasteiger partial charge < -0.3 is 9.47 Å². The lowest BCUT2D eigenvalue weighted by atomic mass is 10.1. The van der Waals surface area contributed by atoms with Gasteiger partial charge in [0.25, 0.3) is 5.91 Å². The van der Waals surface area contributed by atoms with Gasteiger partial charge in [0.2, 0.25) is 0 Å². The largest absolute Gasteiger partial charge is 0.494 e. The Morgan fingerprint density at radius 3 is 2.67 bits per heavy atom. The molecule has 6 heteroatoms. The number of methoxy groups -OCH3 is 1. The highest BCUT2D eigenvalue weighted by molar-refractivity contribution is 7.22. The van der Waals surface area contributed by atoms with Gasteiger partial charge in [0, 0.05) is 0 Å². The first-order chi connectivity index (χ1) is 11.5. The van der Waals surface area contributed by atoms with Crippen LogP contribution in [0.4, 0.5) is 5.13 Å². The highest BCUT2D eigenvalue weighted by Gasteiger charge is 2.11. The van der Waals surface area contributed by atoms with Crippen molar-refractivity contribution in [2.45, 2.75) is 13.8 Å². The third kappa shape index (κ3) is 3.65. The van der Waals surface area contributed by atoms with Gasteiger partial charge in [-0.3, -0.25) is 10.1 Å². The van der Waals surface area contributed by atoms with Crippen molar-refractivity contribution < 1.29 is 14.3 Å². The van der Waals surface area contributed by atoms with Gasteiger partial charge in [0.1, 0.15) is 17.0 Å². The number of nitrogens with one attached hydrogen (secondary N) is 1. The Bertz CT molecular complexity index is 869. The van der Waals surface area contributed by atoms with Crippen molar-refractivity contribution >= 4 is 32.6 Å². The highest BCUT2D eigenvalue weighted by atomic mass is 32.1. The first-order valence-corrected chi connectivity index (χ1v) is 8.31. The van der Waals surface area contributed by atoms with E-state index in [4.69, 9.17) is 9.47 Å². The van der Waals surface area contributed by atoms with E-state index in [1.807, 2.05) is 44.2 Å². The van der Waals surface area contributed by atoms with E-state index in [-0.39, 0.29) is 12.5 Å². The molecule has 0 aliphatic rings. The minimum Gasteiger partial charge on any atom is -0.494 e. The number of nitrogens with zero attached hydrogens (tertiary/aromatic N) is 1. The Hall–Kier alpha value is -2.60. The lowest BCUT2D eigenvalue weighted by Gasteiger charge is -2.07. The van der Waals surface area contributed by atoms with Crippen molar-refractivity contribution in [1.29, 1.82) is 0 Å². The number of benzene rings is 2. The predicted octanol–water partition coefficient (Wildman–Crippen LogP) is 3.94. The van der Waals surface area contributed by atoms with E-state index in [1.54, 1.807) is 7.11 Å². The summed E-state index contributed by atoms with van der Waals surface area (Å²) in [6.07, 6.45) is 0. The summed E-state index contributed by atoms with van der Waals surface area (Å²) in [5, 5.41) is 3.30. The maximum atomic E-state index is 12.1. The number of aromatic nitrogens is 1. The van der Waals surface area contributed by atoms with Crippen LogP contribution in [-0.4, -0.2) is 24.6 Å². The number of fused-ring (bicyclic) bond motifs is 1. The molecule has 24 heavy (non-hydrogen) atoms. The molecule has 0 radical (unpaired) electrons. The van der Waals surface area contributed by atoms with Crippen LogP contribution in [0, 0.1) is 13.8 Å². The fourth-order valence-corrected chi connectivity index (χ4v) is 3.36. The maximum absolute atomic E-state index is 12.1. The van der Waals surface area contributed by atoms with E-state index >= 15 is 0 Å². The summed E-state index contributed by atoms with van der Waals surface area (Å²) in [5.41, 5.74) is 2.95. The Morgan fingerprint density at radius 2 is 1.96 bits per heavy atom. The Balaban J connectivity index is 1.66. The first-order valence-electron chi connectivity index (χ1n) is 7.49. The summed E-state index contributed by atoms with van der Waals surface area (Å²) >= 11 is 1.40. The molecule has 0 saturated heterocycles. The van der Waals surface area contributed by atoms with Gasteiger partial charge >= 0.3 is 0 Å². The van der Waals surface area contributed by atoms with Crippen LogP contribution in [0.3, 0.4) is 0 Å². The van der Waals surface area contributed by atoms with Gasteiger partial charge in [-0.25, -0.2) is 4.98 Å². The molecule has 3 aromatic rings. The molecule has 0 saturated carbocycles. The highest BCUT2D eigenvalue weighted by Crippen LogP contribution is 2.32. The summed E-state index contributed by atoms with van der Waals surface area (Å²) in [4.78, 5) is 16.5. The number of rotatable bonds is 5. The zero-order chi connectivity index (χ0) is 17.1. The van der Waals surface area contributed by atoms with E-state index < -0.39 is 0 Å². The fourth-order valence-electron chi connectivity index (χ4n) is 2.46. The minimum absolute atomic E-state index is 0.0596. The Labute approximate surface area is 144 Å². The molecular formula is C18H18N2O3S. The second-order valence-electron chi connectivity index (χ2n) is 5.49. The number of para-hydroxylation sites is 1. The molecule has 1 amide bonds. The van der Waals surface area contributed by atoms with Crippen LogP contribution < -0.4 is 14.8 Å². The minimum atomic E-state index is -0.243. The summed E-state index contributed by atoms with van der Waals surface area (Å²) in [6.45, 7) is 3.93.